The zero-order chi connectivity index (χ0) is 19.4. The summed E-state index contributed by atoms with van der Waals surface area (Å²) in [5.74, 6) is 0.585. The van der Waals surface area contributed by atoms with Gasteiger partial charge in [0, 0.05) is 23.3 Å². The van der Waals surface area contributed by atoms with Gasteiger partial charge in [-0.15, -0.1) is 0 Å². The van der Waals surface area contributed by atoms with Crippen molar-refractivity contribution in [3.8, 4) is 17.0 Å². The van der Waals surface area contributed by atoms with Crippen molar-refractivity contribution in [2.24, 2.45) is 16.1 Å². The maximum absolute atomic E-state index is 12.2. The minimum absolute atomic E-state index is 0.0425. The predicted octanol–water partition coefficient (Wildman–Crippen LogP) is 3.17. The number of amidine groups is 1. The van der Waals surface area contributed by atoms with E-state index >= 15 is 0 Å². The second-order valence-electron chi connectivity index (χ2n) is 6.20. The summed E-state index contributed by atoms with van der Waals surface area (Å²) in [6.07, 6.45) is 1.88. The fourth-order valence-corrected chi connectivity index (χ4v) is 2.51. The zero-order valence-corrected chi connectivity index (χ0v) is 14.5. The third kappa shape index (κ3) is 4.96. The Labute approximate surface area is 153 Å². The van der Waals surface area contributed by atoms with Gasteiger partial charge in [0.25, 0.3) is 5.56 Å². The Morgan fingerprint density at radius 3 is 2.59 bits per heavy atom. The van der Waals surface area contributed by atoms with Gasteiger partial charge in [0.05, 0.1) is 12.2 Å². The molecule has 142 valence electrons. The van der Waals surface area contributed by atoms with Crippen LogP contribution in [0.25, 0.3) is 11.3 Å². The van der Waals surface area contributed by atoms with Gasteiger partial charge in [-0.25, -0.2) is 9.67 Å². The molecule has 3 rings (SSSR count). The number of ether oxygens (including phenoxy) is 1. The molecule has 7 nitrogen and oxygen atoms in total. The molecule has 0 radical (unpaired) electrons. The van der Waals surface area contributed by atoms with Crippen LogP contribution in [0.3, 0.4) is 0 Å². The number of aromatic nitrogens is 2. The molecular formula is C18H18F2N4O3. The number of nitrogens with zero attached hydrogens (tertiary/aromatic N) is 4. The molecular weight excluding hydrogens is 358 g/mol. The lowest BCUT2D eigenvalue weighted by Crippen LogP contribution is -2.25. The molecule has 0 amide bonds. The van der Waals surface area contributed by atoms with Crippen molar-refractivity contribution in [1.29, 1.82) is 0 Å². The molecule has 1 aromatic heterocycles. The Bertz CT molecular complexity index is 919. The lowest BCUT2D eigenvalue weighted by Gasteiger charge is -2.08. The molecule has 9 heteroatoms. The number of benzene rings is 1. The van der Waals surface area contributed by atoms with Crippen LogP contribution in [0.2, 0.25) is 0 Å². The molecule has 1 aliphatic carbocycles. The van der Waals surface area contributed by atoms with Crippen molar-refractivity contribution in [2.45, 2.75) is 32.9 Å². The van der Waals surface area contributed by atoms with Gasteiger partial charge in [-0.2, -0.15) is 13.9 Å². The van der Waals surface area contributed by atoms with Crippen molar-refractivity contribution in [3.63, 3.8) is 0 Å². The van der Waals surface area contributed by atoms with E-state index in [9.17, 15) is 13.6 Å². The first kappa shape index (κ1) is 18.7. The average Bonchev–Trinajstić information content (AvgIpc) is 3.47. The summed E-state index contributed by atoms with van der Waals surface area (Å²) >= 11 is 0. The Balaban J connectivity index is 1.79. The van der Waals surface area contributed by atoms with E-state index in [1.54, 1.807) is 25.1 Å². The summed E-state index contributed by atoms with van der Waals surface area (Å²) in [4.78, 5) is 16.3. The van der Waals surface area contributed by atoms with E-state index in [2.05, 4.69) is 20.0 Å². The highest BCUT2D eigenvalue weighted by Crippen LogP contribution is 2.31. The molecule has 1 aromatic carbocycles. The Morgan fingerprint density at radius 1 is 1.30 bits per heavy atom. The first-order valence-corrected chi connectivity index (χ1v) is 8.36. The Hall–Kier alpha value is -3.10. The smallest absolute Gasteiger partial charge is 0.387 e. The molecule has 27 heavy (non-hydrogen) atoms. The molecule has 1 N–H and O–H groups in total. The second-order valence-corrected chi connectivity index (χ2v) is 6.20. The number of rotatable bonds is 6. The topological polar surface area (TPSA) is 89.1 Å². The number of halogens is 2. The molecule has 2 aromatic rings. The summed E-state index contributed by atoms with van der Waals surface area (Å²) in [5.41, 5.74) is 1.43. The lowest BCUT2D eigenvalue weighted by molar-refractivity contribution is -0.0498. The quantitative estimate of drug-likeness (QED) is 0.363. The van der Waals surface area contributed by atoms with Gasteiger partial charge in [-0.1, -0.05) is 5.16 Å². The third-order valence-corrected chi connectivity index (χ3v) is 3.97. The molecule has 0 bridgehead atoms. The van der Waals surface area contributed by atoms with Crippen molar-refractivity contribution < 1.29 is 18.7 Å². The molecule has 0 atom stereocenters. The summed E-state index contributed by atoms with van der Waals surface area (Å²) in [6, 6.07) is 8.91. The minimum Gasteiger partial charge on any atom is -0.435 e. The van der Waals surface area contributed by atoms with Gasteiger partial charge in [0.1, 0.15) is 5.75 Å². The predicted molar refractivity (Wildman–Crippen MR) is 95.6 cm³/mol. The van der Waals surface area contributed by atoms with Crippen LogP contribution in [0.4, 0.5) is 8.78 Å². The molecule has 1 saturated carbocycles. The Kier molecular flexibility index (Phi) is 5.58. The minimum atomic E-state index is -2.89. The maximum atomic E-state index is 12.2. The zero-order valence-electron chi connectivity index (χ0n) is 14.5. The number of hydrogen-bond acceptors (Lipinski definition) is 5. The van der Waals surface area contributed by atoms with E-state index in [0.717, 1.165) is 12.8 Å². The van der Waals surface area contributed by atoms with Crippen molar-refractivity contribution in [1.82, 2.24) is 9.78 Å². The monoisotopic (exact) mass is 376 g/mol. The highest BCUT2D eigenvalue weighted by Gasteiger charge is 2.28. The maximum Gasteiger partial charge on any atom is 0.387 e. The standard InChI is InChI=1S/C18H18F2N4O3/c1-11(21-17(23-26)13-2-3-13)10-24-16(25)9-8-15(22-24)12-4-6-14(7-5-12)27-18(19)20/h4-9,13,18,26H,2-3,10H2,1H3/b21-11+,23-17-. The van der Waals surface area contributed by atoms with E-state index in [-0.39, 0.29) is 23.8 Å². The van der Waals surface area contributed by atoms with Gasteiger partial charge in [-0.05, 0) is 50.1 Å². The molecule has 0 aliphatic heterocycles. The summed E-state index contributed by atoms with van der Waals surface area (Å²) in [6.45, 7) is -1.02. The molecule has 0 unspecified atom stereocenters. The van der Waals surface area contributed by atoms with Gasteiger partial charge >= 0.3 is 6.61 Å². The highest BCUT2D eigenvalue weighted by molar-refractivity contribution is 5.98. The lowest BCUT2D eigenvalue weighted by atomic mass is 10.1. The SMILES string of the molecule is C/C(Cn1nc(-c2ccc(OC(F)F)cc2)ccc1=O)=N\C(=N/O)C1CC1. The number of hydrogen-bond donors (Lipinski definition) is 1. The first-order valence-electron chi connectivity index (χ1n) is 8.36. The van der Waals surface area contributed by atoms with Crippen LogP contribution in [0.15, 0.2) is 51.3 Å². The first-order chi connectivity index (χ1) is 13.0. The third-order valence-electron chi connectivity index (χ3n) is 3.97. The highest BCUT2D eigenvalue weighted by atomic mass is 19.3. The van der Waals surface area contributed by atoms with Gasteiger partial charge in [0.15, 0.2) is 5.84 Å². The van der Waals surface area contributed by atoms with Crippen LogP contribution in [0.5, 0.6) is 5.75 Å². The van der Waals surface area contributed by atoms with Crippen molar-refractivity contribution in [2.75, 3.05) is 0 Å². The van der Waals surface area contributed by atoms with Crippen LogP contribution in [-0.4, -0.2) is 33.1 Å². The molecule has 1 aliphatic rings. The normalized spacial score (nSPS) is 15.3. The van der Waals surface area contributed by atoms with Crippen LogP contribution in [-0.2, 0) is 6.54 Å². The summed E-state index contributed by atoms with van der Waals surface area (Å²) in [5, 5.41) is 16.5. The fourth-order valence-electron chi connectivity index (χ4n) is 2.51. The molecule has 0 spiro atoms. The van der Waals surface area contributed by atoms with E-state index in [0.29, 0.717) is 22.8 Å². The van der Waals surface area contributed by atoms with Crippen molar-refractivity contribution >= 4 is 11.5 Å². The summed E-state index contributed by atoms with van der Waals surface area (Å²) < 4.78 is 30.0. The average molecular weight is 376 g/mol. The van der Waals surface area contributed by atoms with Crippen LogP contribution >= 0.6 is 0 Å². The van der Waals surface area contributed by atoms with Crippen LogP contribution in [0, 0.1) is 5.92 Å². The Morgan fingerprint density at radius 2 is 2.00 bits per heavy atom. The van der Waals surface area contributed by atoms with Gasteiger partial charge in [0.2, 0.25) is 0 Å². The van der Waals surface area contributed by atoms with E-state index in [1.807, 2.05) is 0 Å². The van der Waals surface area contributed by atoms with Gasteiger partial charge < -0.3 is 9.94 Å². The number of alkyl halides is 2. The van der Waals surface area contributed by atoms with E-state index in [4.69, 9.17) is 5.21 Å². The van der Waals surface area contributed by atoms with E-state index in [1.165, 1.54) is 22.9 Å². The van der Waals surface area contributed by atoms with Crippen LogP contribution in [0.1, 0.15) is 19.8 Å². The molecule has 1 heterocycles. The van der Waals surface area contributed by atoms with Crippen molar-refractivity contribution in [3.05, 3.63) is 46.8 Å². The van der Waals surface area contributed by atoms with Crippen LogP contribution < -0.4 is 10.3 Å². The van der Waals surface area contributed by atoms with Gasteiger partial charge in [-0.3, -0.25) is 4.79 Å². The van der Waals surface area contributed by atoms with E-state index < -0.39 is 6.61 Å². The second kappa shape index (κ2) is 8.07. The molecule has 1 fully saturated rings. The molecule has 0 saturated heterocycles. The number of oxime groups is 1. The number of aliphatic imine (C=N–C) groups is 1. The largest absolute Gasteiger partial charge is 0.435 e. The fraction of sp³-hybridized carbons (Fsp3) is 0.333. The summed E-state index contributed by atoms with van der Waals surface area (Å²) in [7, 11) is 0.